The number of rotatable bonds is 5. The highest BCUT2D eigenvalue weighted by atomic mass is 19.1. The lowest BCUT2D eigenvalue weighted by atomic mass is 10.2. The molecular formula is C12H14FNO3. The van der Waals surface area contributed by atoms with Crippen LogP contribution >= 0.6 is 0 Å². The molecule has 0 unspecified atom stereocenters. The molecule has 1 N–H and O–H groups in total. The third-order valence-electron chi connectivity index (χ3n) is 2.05. The molecule has 0 bridgehead atoms. The Labute approximate surface area is 98.8 Å². The van der Waals surface area contributed by atoms with E-state index in [0.29, 0.717) is 5.56 Å². The van der Waals surface area contributed by atoms with Crippen LogP contribution in [0.3, 0.4) is 0 Å². The summed E-state index contributed by atoms with van der Waals surface area (Å²) in [6.07, 6.45) is 0.0774. The summed E-state index contributed by atoms with van der Waals surface area (Å²) in [5.74, 6) is -1.07. The minimum Gasteiger partial charge on any atom is -0.461 e. The maximum absolute atomic E-state index is 13.1. The van der Waals surface area contributed by atoms with Gasteiger partial charge in [0.05, 0.1) is 6.42 Å². The Kier molecular flexibility index (Phi) is 5.13. The summed E-state index contributed by atoms with van der Waals surface area (Å²) in [5, 5.41) is 2.47. The van der Waals surface area contributed by atoms with E-state index in [1.807, 2.05) is 0 Å². The Balaban J connectivity index is 2.29. The van der Waals surface area contributed by atoms with Gasteiger partial charge in [-0.05, 0) is 6.07 Å². The topological polar surface area (TPSA) is 55.4 Å². The van der Waals surface area contributed by atoms with Crippen LogP contribution in [0.2, 0.25) is 0 Å². The van der Waals surface area contributed by atoms with Crippen molar-refractivity contribution in [2.45, 2.75) is 20.0 Å². The van der Waals surface area contributed by atoms with E-state index in [1.54, 1.807) is 18.2 Å². The molecule has 0 saturated heterocycles. The lowest BCUT2D eigenvalue weighted by Gasteiger charge is -2.06. The lowest BCUT2D eigenvalue weighted by Crippen LogP contribution is -2.23. The van der Waals surface area contributed by atoms with E-state index in [1.165, 1.54) is 13.0 Å². The monoisotopic (exact) mass is 239 g/mol. The van der Waals surface area contributed by atoms with Crippen LogP contribution < -0.4 is 5.32 Å². The molecule has 0 spiro atoms. The van der Waals surface area contributed by atoms with Crippen molar-refractivity contribution < 1.29 is 18.7 Å². The molecule has 0 atom stereocenters. The van der Waals surface area contributed by atoms with Crippen molar-refractivity contribution in [2.24, 2.45) is 0 Å². The second-order valence-corrected chi connectivity index (χ2v) is 3.49. The maximum atomic E-state index is 13.1. The Hall–Kier alpha value is -1.91. The largest absolute Gasteiger partial charge is 0.461 e. The fraction of sp³-hybridized carbons (Fsp3) is 0.333. The normalized spacial score (nSPS) is 9.76. The first-order valence-corrected chi connectivity index (χ1v) is 5.23. The Morgan fingerprint density at radius 3 is 2.71 bits per heavy atom. The smallest absolute Gasteiger partial charge is 0.307 e. The van der Waals surface area contributed by atoms with Gasteiger partial charge in [-0.3, -0.25) is 9.59 Å². The molecule has 0 heterocycles. The molecule has 0 saturated carbocycles. The molecular weight excluding hydrogens is 225 g/mol. The average molecular weight is 239 g/mol. The number of carbonyl (C=O) groups excluding carboxylic acids is 2. The van der Waals surface area contributed by atoms with Gasteiger partial charge in [0.1, 0.15) is 12.4 Å². The Morgan fingerprint density at radius 1 is 1.35 bits per heavy atom. The van der Waals surface area contributed by atoms with Crippen LogP contribution in [0.5, 0.6) is 0 Å². The number of hydrogen-bond donors (Lipinski definition) is 1. The van der Waals surface area contributed by atoms with Crippen molar-refractivity contribution in [2.75, 3.05) is 6.54 Å². The SMILES string of the molecule is CC(=O)NCCC(=O)OCc1ccccc1F. The summed E-state index contributed by atoms with van der Waals surface area (Å²) in [7, 11) is 0. The quantitative estimate of drug-likeness (QED) is 0.790. The molecule has 0 aliphatic heterocycles. The number of nitrogens with one attached hydrogen (secondary N) is 1. The van der Waals surface area contributed by atoms with Gasteiger partial charge in [0.15, 0.2) is 0 Å². The second-order valence-electron chi connectivity index (χ2n) is 3.49. The molecule has 0 aromatic heterocycles. The number of halogens is 1. The first-order chi connectivity index (χ1) is 8.09. The fourth-order valence-corrected chi connectivity index (χ4v) is 1.19. The standard InChI is InChI=1S/C12H14FNO3/c1-9(15)14-7-6-12(16)17-8-10-4-2-3-5-11(10)13/h2-5H,6-8H2,1H3,(H,14,15). The Bertz CT molecular complexity index is 406. The zero-order chi connectivity index (χ0) is 12.7. The van der Waals surface area contributed by atoms with Crippen molar-refractivity contribution in [3.8, 4) is 0 Å². The number of benzene rings is 1. The predicted octanol–water partition coefficient (Wildman–Crippen LogP) is 1.40. The molecule has 1 amide bonds. The summed E-state index contributed by atoms with van der Waals surface area (Å²) >= 11 is 0. The van der Waals surface area contributed by atoms with Crippen molar-refractivity contribution in [1.82, 2.24) is 5.32 Å². The van der Waals surface area contributed by atoms with Gasteiger partial charge in [-0.2, -0.15) is 0 Å². The summed E-state index contributed by atoms with van der Waals surface area (Å²) in [5.41, 5.74) is 0.334. The third kappa shape index (κ3) is 5.10. The van der Waals surface area contributed by atoms with Gasteiger partial charge < -0.3 is 10.1 Å². The molecule has 1 rings (SSSR count). The van der Waals surface area contributed by atoms with Gasteiger partial charge in [-0.1, -0.05) is 18.2 Å². The van der Waals surface area contributed by atoms with E-state index in [9.17, 15) is 14.0 Å². The molecule has 17 heavy (non-hydrogen) atoms. The zero-order valence-electron chi connectivity index (χ0n) is 9.53. The molecule has 5 heteroatoms. The van der Waals surface area contributed by atoms with E-state index >= 15 is 0 Å². The highest BCUT2D eigenvalue weighted by molar-refractivity contribution is 5.74. The molecule has 92 valence electrons. The molecule has 0 aliphatic rings. The van der Waals surface area contributed by atoms with E-state index in [0.717, 1.165) is 0 Å². The summed E-state index contributed by atoms with van der Waals surface area (Å²) < 4.78 is 18.0. The van der Waals surface area contributed by atoms with Crippen LogP contribution in [0.25, 0.3) is 0 Å². The Morgan fingerprint density at radius 2 is 2.06 bits per heavy atom. The lowest BCUT2D eigenvalue weighted by molar-refractivity contribution is -0.144. The van der Waals surface area contributed by atoms with Gasteiger partial charge in [0, 0.05) is 19.0 Å². The number of amides is 1. The first kappa shape index (κ1) is 13.2. The average Bonchev–Trinajstić information content (AvgIpc) is 2.27. The van der Waals surface area contributed by atoms with Crippen LogP contribution in [0.1, 0.15) is 18.9 Å². The molecule has 4 nitrogen and oxygen atoms in total. The van der Waals surface area contributed by atoms with Gasteiger partial charge >= 0.3 is 5.97 Å². The summed E-state index contributed by atoms with van der Waals surface area (Å²) in [4.78, 5) is 21.7. The van der Waals surface area contributed by atoms with Crippen LogP contribution in [0, 0.1) is 5.82 Å². The molecule has 0 fully saturated rings. The minimum absolute atomic E-state index is 0.0774. The summed E-state index contributed by atoms with van der Waals surface area (Å²) in [6.45, 7) is 1.50. The van der Waals surface area contributed by atoms with Gasteiger partial charge in [-0.15, -0.1) is 0 Å². The first-order valence-electron chi connectivity index (χ1n) is 5.23. The highest BCUT2D eigenvalue weighted by Crippen LogP contribution is 2.07. The van der Waals surface area contributed by atoms with Crippen molar-refractivity contribution >= 4 is 11.9 Å². The zero-order valence-corrected chi connectivity index (χ0v) is 9.53. The van der Waals surface area contributed by atoms with Gasteiger partial charge in [0.2, 0.25) is 5.91 Å². The van der Waals surface area contributed by atoms with Crippen LogP contribution in [-0.2, 0) is 20.9 Å². The van der Waals surface area contributed by atoms with Gasteiger partial charge in [0.25, 0.3) is 0 Å². The highest BCUT2D eigenvalue weighted by Gasteiger charge is 2.06. The fourth-order valence-electron chi connectivity index (χ4n) is 1.19. The van der Waals surface area contributed by atoms with E-state index in [4.69, 9.17) is 4.74 Å². The number of carbonyl (C=O) groups is 2. The summed E-state index contributed by atoms with van der Waals surface area (Å²) in [6, 6.07) is 6.10. The van der Waals surface area contributed by atoms with Crippen molar-refractivity contribution in [3.63, 3.8) is 0 Å². The number of esters is 1. The predicted molar refractivity (Wildman–Crippen MR) is 59.5 cm³/mol. The van der Waals surface area contributed by atoms with Crippen LogP contribution in [0.15, 0.2) is 24.3 Å². The van der Waals surface area contributed by atoms with Crippen LogP contribution in [0.4, 0.5) is 4.39 Å². The molecule has 1 aromatic carbocycles. The van der Waals surface area contributed by atoms with E-state index in [-0.39, 0.29) is 25.5 Å². The van der Waals surface area contributed by atoms with Crippen LogP contribution in [-0.4, -0.2) is 18.4 Å². The number of ether oxygens (including phenoxy) is 1. The second kappa shape index (κ2) is 6.62. The van der Waals surface area contributed by atoms with E-state index < -0.39 is 11.8 Å². The molecule has 1 aromatic rings. The van der Waals surface area contributed by atoms with E-state index in [2.05, 4.69) is 5.32 Å². The van der Waals surface area contributed by atoms with Crippen molar-refractivity contribution in [1.29, 1.82) is 0 Å². The number of hydrogen-bond acceptors (Lipinski definition) is 3. The molecule has 0 radical (unpaired) electrons. The van der Waals surface area contributed by atoms with Crippen molar-refractivity contribution in [3.05, 3.63) is 35.6 Å². The van der Waals surface area contributed by atoms with Gasteiger partial charge in [-0.25, -0.2) is 4.39 Å². The third-order valence-corrected chi connectivity index (χ3v) is 2.05. The molecule has 0 aliphatic carbocycles. The minimum atomic E-state index is -0.470. The maximum Gasteiger partial charge on any atom is 0.307 e.